The molecule has 2 aromatic carbocycles. The smallest absolute Gasteiger partial charge is 0.265 e. The molecule has 0 saturated carbocycles. The van der Waals surface area contributed by atoms with Gasteiger partial charge in [0.05, 0.1) is 37.8 Å². The summed E-state index contributed by atoms with van der Waals surface area (Å²) in [6.45, 7) is 3.98. The predicted molar refractivity (Wildman–Crippen MR) is 113 cm³/mol. The minimum absolute atomic E-state index is 0.0167. The zero-order valence-corrected chi connectivity index (χ0v) is 18.1. The highest BCUT2D eigenvalue weighted by atomic mass is 35.5. The van der Waals surface area contributed by atoms with Crippen LogP contribution in [0.5, 0.6) is 11.5 Å². The molecule has 1 N–H and O–H groups in total. The number of aromatic nitrogens is 2. The molecular weight excluding hydrogens is 414 g/mol. The van der Waals surface area contributed by atoms with E-state index in [1.165, 1.54) is 20.3 Å². The van der Waals surface area contributed by atoms with E-state index in [9.17, 15) is 8.42 Å². The molecule has 0 aliphatic rings. The fourth-order valence-corrected chi connectivity index (χ4v) is 4.53. The van der Waals surface area contributed by atoms with Crippen LogP contribution < -0.4 is 14.2 Å². The number of nitrogens with one attached hydrogen (secondary N) is 1. The molecule has 3 aromatic rings. The summed E-state index contributed by atoms with van der Waals surface area (Å²) in [7, 11) is -1.05. The number of methoxy groups -OCH3 is 2. The van der Waals surface area contributed by atoms with E-state index in [1.54, 1.807) is 36.7 Å². The van der Waals surface area contributed by atoms with Gasteiger partial charge in [0.25, 0.3) is 10.0 Å². The van der Waals surface area contributed by atoms with Crippen LogP contribution in [0.1, 0.15) is 17.0 Å². The van der Waals surface area contributed by atoms with E-state index in [-0.39, 0.29) is 10.6 Å². The highest BCUT2D eigenvalue weighted by Gasteiger charge is 2.24. The van der Waals surface area contributed by atoms with Crippen molar-refractivity contribution >= 4 is 27.3 Å². The molecule has 0 saturated heterocycles. The molecule has 0 unspecified atom stereocenters. The summed E-state index contributed by atoms with van der Waals surface area (Å²) < 4.78 is 40.9. The van der Waals surface area contributed by atoms with Crippen LogP contribution in [0.25, 0.3) is 0 Å². The summed E-state index contributed by atoms with van der Waals surface area (Å²) in [6, 6.07) is 12.1. The van der Waals surface area contributed by atoms with Gasteiger partial charge in [0, 0.05) is 11.1 Å². The van der Waals surface area contributed by atoms with E-state index in [1.807, 2.05) is 18.2 Å². The number of sulfonamides is 1. The lowest BCUT2D eigenvalue weighted by atomic mass is 10.2. The first-order valence-corrected chi connectivity index (χ1v) is 10.6. The Hall–Kier alpha value is -2.71. The molecule has 0 spiro atoms. The molecule has 3 rings (SSSR count). The second kappa shape index (κ2) is 8.34. The van der Waals surface area contributed by atoms with Gasteiger partial charge >= 0.3 is 0 Å². The molecule has 154 valence electrons. The van der Waals surface area contributed by atoms with E-state index < -0.39 is 10.0 Å². The van der Waals surface area contributed by atoms with E-state index in [2.05, 4.69) is 9.82 Å². The molecule has 0 radical (unpaired) electrons. The van der Waals surface area contributed by atoms with Crippen molar-refractivity contribution in [3.05, 3.63) is 64.4 Å². The van der Waals surface area contributed by atoms with Crippen LogP contribution >= 0.6 is 11.6 Å². The van der Waals surface area contributed by atoms with Gasteiger partial charge in [-0.15, -0.1) is 0 Å². The minimum atomic E-state index is -3.94. The molecule has 0 amide bonds. The third-order valence-corrected chi connectivity index (χ3v) is 6.30. The van der Waals surface area contributed by atoms with Crippen molar-refractivity contribution in [2.45, 2.75) is 25.3 Å². The van der Waals surface area contributed by atoms with Crippen LogP contribution in [0, 0.1) is 13.8 Å². The maximum atomic E-state index is 13.1. The van der Waals surface area contributed by atoms with Gasteiger partial charge < -0.3 is 9.47 Å². The number of rotatable bonds is 7. The standard InChI is InChI=1S/C20H22ClN3O4S/c1-13-20(14(2)24(22-13)12-15-7-5-6-8-17(15)21)23-29(25,26)19-11-16(27-3)9-10-18(19)28-4/h5-11,23H,12H2,1-4H3. The van der Waals surface area contributed by atoms with Crippen molar-refractivity contribution in [3.63, 3.8) is 0 Å². The first kappa shape index (κ1) is 21.0. The molecule has 0 aliphatic carbocycles. The summed E-state index contributed by atoms with van der Waals surface area (Å²) in [6.07, 6.45) is 0. The number of hydrogen-bond donors (Lipinski definition) is 1. The molecule has 0 aliphatic heterocycles. The molecule has 7 nitrogen and oxygen atoms in total. The summed E-state index contributed by atoms with van der Waals surface area (Å²) in [4.78, 5) is -0.0167. The second-order valence-corrected chi connectivity index (χ2v) is 8.48. The van der Waals surface area contributed by atoms with Gasteiger partial charge in [-0.05, 0) is 37.6 Å². The van der Waals surface area contributed by atoms with Crippen molar-refractivity contribution in [1.82, 2.24) is 9.78 Å². The quantitative estimate of drug-likeness (QED) is 0.606. The minimum Gasteiger partial charge on any atom is -0.497 e. The normalized spacial score (nSPS) is 11.3. The number of anilines is 1. The molecular formula is C20H22ClN3O4S. The number of ether oxygens (including phenoxy) is 2. The van der Waals surface area contributed by atoms with Crippen molar-refractivity contribution < 1.29 is 17.9 Å². The van der Waals surface area contributed by atoms with E-state index in [0.717, 1.165) is 5.56 Å². The summed E-state index contributed by atoms with van der Waals surface area (Å²) in [5, 5.41) is 5.10. The van der Waals surface area contributed by atoms with Gasteiger partial charge in [-0.2, -0.15) is 5.10 Å². The Balaban J connectivity index is 1.96. The average Bonchev–Trinajstić information content (AvgIpc) is 2.96. The lowest BCUT2D eigenvalue weighted by Gasteiger charge is -2.13. The molecule has 1 aromatic heterocycles. The summed E-state index contributed by atoms with van der Waals surface area (Å²) in [5.41, 5.74) is 2.54. The van der Waals surface area contributed by atoms with Crippen LogP contribution in [0.3, 0.4) is 0 Å². The van der Waals surface area contributed by atoms with Crippen molar-refractivity contribution in [2.24, 2.45) is 0 Å². The SMILES string of the molecule is COc1ccc(OC)c(S(=O)(=O)Nc2c(C)nn(Cc3ccccc3Cl)c2C)c1. The third kappa shape index (κ3) is 4.33. The Labute approximate surface area is 175 Å². The number of nitrogens with zero attached hydrogens (tertiary/aromatic N) is 2. The Bertz CT molecular complexity index is 1140. The van der Waals surface area contributed by atoms with Crippen molar-refractivity contribution in [1.29, 1.82) is 0 Å². The molecule has 0 atom stereocenters. The van der Waals surface area contributed by atoms with E-state index >= 15 is 0 Å². The maximum absolute atomic E-state index is 13.1. The fourth-order valence-electron chi connectivity index (χ4n) is 2.97. The largest absolute Gasteiger partial charge is 0.497 e. The maximum Gasteiger partial charge on any atom is 0.265 e. The fraction of sp³-hybridized carbons (Fsp3) is 0.250. The molecule has 0 bridgehead atoms. The van der Waals surface area contributed by atoms with Gasteiger partial charge in [0.2, 0.25) is 0 Å². The average molecular weight is 436 g/mol. The zero-order chi connectivity index (χ0) is 21.2. The van der Waals surface area contributed by atoms with Crippen molar-refractivity contribution in [3.8, 4) is 11.5 Å². The topological polar surface area (TPSA) is 82.4 Å². The second-order valence-electron chi connectivity index (χ2n) is 6.42. The van der Waals surface area contributed by atoms with Crippen LogP contribution in [-0.2, 0) is 16.6 Å². The number of aryl methyl sites for hydroxylation is 1. The van der Waals surface area contributed by atoms with Crippen LogP contribution in [0.2, 0.25) is 5.02 Å². The third-order valence-electron chi connectivity index (χ3n) is 4.56. The monoisotopic (exact) mass is 435 g/mol. The van der Waals surface area contributed by atoms with Crippen LogP contribution in [0.4, 0.5) is 5.69 Å². The predicted octanol–water partition coefficient (Wildman–Crippen LogP) is 4.02. The van der Waals surface area contributed by atoms with Gasteiger partial charge in [0.1, 0.15) is 16.4 Å². The van der Waals surface area contributed by atoms with Gasteiger partial charge in [-0.1, -0.05) is 29.8 Å². The number of halogens is 1. The Morgan fingerprint density at radius 3 is 2.48 bits per heavy atom. The zero-order valence-electron chi connectivity index (χ0n) is 16.6. The van der Waals surface area contributed by atoms with Crippen LogP contribution in [-0.4, -0.2) is 32.4 Å². The highest BCUT2D eigenvalue weighted by Crippen LogP contribution is 2.31. The molecule has 9 heteroatoms. The Morgan fingerprint density at radius 2 is 1.83 bits per heavy atom. The van der Waals surface area contributed by atoms with Crippen LogP contribution in [0.15, 0.2) is 47.4 Å². The lowest BCUT2D eigenvalue weighted by Crippen LogP contribution is -2.15. The van der Waals surface area contributed by atoms with Gasteiger partial charge in [-0.25, -0.2) is 8.42 Å². The number of benzene rings is 2. The molecule has 29 heavy (non-hydrogen) atoms. The Kier molecular flexibility index (Phi) is 6.04. The lowest BCUT2D eigenvalue weighted by molar-refractivity contribution is 0.392. The summed E-state index contributed by atoms with van der Waals surface area (Å²) >= 11 is 6.24. The summed E-state index contributed by atoms with van der Waals surface area (Å²) in [5.74, 6) is 0.631. The highest BCUT2D eigenvalue weighted by molar-refractivity contribution is 7.92. The van der Waals surface area contributed by atoms with Crippen molar-refractivity contribution in [2.75, 3.05) is 18.9 Å². The molecule has 1 heterocycles. The van der Waals surface area contributed by atoms with E-state index in [4.69, 9.17) is 21.1 Å². The Morgan fingerprint density at radius 1 is 1.10 bits per heavy atom. The van der Waals surface area contributed by atoms with Gasteiger partial charge in [0.15, 0.2) is 0 Å². The van der Waals surface area contributed by atoms with E-state index in [0.29, 0.717) is 34.4 Å². The first-order valence-electron chi connectivity index (χ1n) is 8.79. The number of hydrogen-bond acceptors (Lipinski definition) is 5. The molecule has 0 fully saturated rings. The first-order chi connectivity index (χ1) is 13.8. The van der Waals surface area contributed by atoms with Gasteiger partial charge in [-0.3, -0.25) is 9.40 Å².